The molecule has 0 aliphatic carbocycles. The summed E-state index contributed by atoms with van der Waals surface area (Å²) in [6.07, 6.45) is 0. The first-order valence-electron chi connectivity index (χ1n) is 4.02. The summed E-state index contributed by atoms with van der Waals surface area (Å²) in [5.41, 5.74) is 6.94. The Labute approximate surface area is 77.1 Å². The van der Waals surface area contributed by atoms with Crippen LogP contribution in [-0.4, -0.2) is 19.5 Å². The predicted molar refractivity (Wildman–Crippen MR) is 53.4 cm³/mol. The predicted octanol–water partition coefficient (Wildman–Crippen LogP) is 0.427. The van der Waals surface area contributed by atoms with Crippen LogP contribution in [0.2, 0.25) is 0 Å². The third kappa shape index (κ3) is 3.13. The summed E-state index contributed by atoms with van der Waals surface area (Å²) in [5.74, 6) is -0.0627. The molecule has 1 amide bonds. The van der Waals surface area contributed by atoms with Crippen LogP contribution < -0.4 is 16.4 Å². The summed E-state index contributed by atoms with van der Waals surface area (Å²) >= 11 is 0. The molecule has 0 saturated carbocycles. The first-order chi connectivity index (χ1) is 6.22. The van der Waals surface area contributed by atoms with Gasteiger partial charge < -0.3 is 16.4 Å². The van der Waals surface area contributed by atoms with Crippen LogP contribution >= 0.6 is 0 Å². The third-order valence-electron chi connectivity index (χ3n) is 1.53. The van der Waals surface area contributed by atoms with Crippen molar-refractivity contribution < 1.29 is 4.79 Å². The number of nitrogens with two attached hydrogens (primary N) is 1. The Kier molecular flexibility index (Phi) is 3.28. The molecular formula is C9H13N3O. The minimum atomic E-state index is -0.0627. The van der Waals surface area contributed by atoms with Crippen LogP contribution in [0.15, 0.2) is 24.3 Å². The van der Waals surface area contributed by atoms with Crippen molar-refractivity contribution in [2.45, 2.75) is 0 Å². The van der Waals surface area contributed by atoms with Gasteiger partial charge in [0.15, 0.2) is 0 Å². The minimum absolute atomic E-state index is 0.0627. The molecule has 1 rings (SSSR count). The van der Waals surface area contributed by atoms with Crippen molar-refractivity contribution in [3.63, 3.8) is 0 Å². The second-order valence-electron chi connectivity index (χ2n) is 2.70. The van der Waals surface area contributed by atoms with Crippen molar-refractivity contribution in [3.05, 3.63) is 24.3 Å². The molecule has 4 N–H and O–H groups in total. The molecule has 0 heterocycles. The largest absolute Gasteiger partial charge is 0.399 e. The van der Waals surface area contributed by atoms with Crippen molar-refractivity contribution in [1.82, 2.24) is 5.32 Å². The molecule has 4 heteroatoms. The smallest absolute Gasteiger partial charge is 0.238 e. The molecule has 0 spiro atoms. The van der Waals surface area contributed by atoms with Gasteiger partial charge >= 0.3 is 0 Å². The van der Waals surface area contributed by atoms with E-state index in [2.05, 4.69) is 10.6 Å². The maximum atomic E-state index is 11.1. The van der Waals surface area contributed by atoms with Crippen molar-refractivity contribution >= 4 is 17.3 Å². The number of benzene rings is 1. The fraction of sp³-hybridized carbons (Fsp3) is 0.222. The van der Waals surface area contributed by atoms with Gasteiger partial charge in [-0.25, -0.2) is 0 Å². The molecule has 0 saturated heterocycles. The lowest BCUT2D eigenvalue weighted by atomic mass is 10.3. The maximum absolute atomic E-state index is 11.1. The van der Waals surface area contributed by atoms with E-state index in [0.29, 0.717) is 12.2 Å². The van der Waals surface area contributed by atoms with Crippen LogP contribution in [0.4, 0.5) is 11.4 Å². The Morgan fingerprint density at radius 3 is 2.54 bits per heavy atom. The van der Waals surface area contributed by atoms with E-state index < -0.39 is 0 Å². The van der Waals surface area contributed by atoms with Gasteiger partial charge in [-0.05, 0) is 31.3 Å². The molecular weight excluding hydrogens is 166 g/mol. The molecule has 0 unspecified atom stereocenters. The van der Waals surface area contributed by atoms with Crippen molar-refractivity contribution in [1.29, 1.82) is 0 Å². The molecule has 0 aromatic heterocycles. The Bertz CT molecular complexity index is 281. The average Bonchev–Trinajstić information content (AvgIpc) is 2.09. The van der Waals surface area contributed by atoms with Crippen molar-refractivity contribution in [2.75, 3.05) is 24.6 Å². The van der Waals surface area contributed by atoms with Crippen molar-refractivity contribution in [2.24, 2.45) is 0 Å². The number of carbonyl (C=O) groups excluding carboxylic acids is 1. The average molecular weight is 179 g/mol. The zero-order valence-corrected chi connectivity index (χ0v) is 7.50. The van der Waals surface area contributed by atoms with E-state index in [0.717, 1.165) is 5.69 Å². The monoisotopic (exact) mass is 179 g/mol. The summed E-state index contributed by atoms with van der Waals surface area (Å²) in [5, 5.41) is 5.48. The van der Waals surface area contributed by atoms with Crippen LogP contribution in [0, 0.1) is 0 Å². The minimum Gasteiger partial charge on any atom is -0.399 e. The highest BCUT2D eigenvalue weighted by molar-refractivity contribution is 5.92. The highest BCUT2D eigenvalue weighted by Gasteiger charge is 1.98. The zero-order valence-electron chi connectivity index (χ0n) is 7.50. The summed E-state index contributed by atoms with van der Waals surface area (Å²) in [6.45, 7) is 0.310. The highest BCUT2D eigenvalue weighted by Crippen LogP contribution is 2.09. The van der Waals surface area contributed by atoms with Crippen LogP contribution in [0.25, 0.3) is 0 Å². The Morgan fingerprint density at radius 2 is 2.00 bits per heavy atom. The van der Waals surface area contributed by atoms with Gasteiger partial charge in [-0.2, -0.15) is 0 Å². The molecule has 13 heavy (non-hydrogen) atoms. The van der Waals surface area contributed by atoms with Crippen LogP contribution in [0.1, 0.15) is 0 Å². The van der Waals surface area contributed by atoms with Gasteiger partial charge in [-0.3, -0.25) is 4.79 Å². The van der Waals surface area contributed by atoms with Gasteiger partial charge in [-0.1, -0.05) is 0 Å². The number of likely N-dealkylation sites (N-methyl/N-ethyl adjacent to an activating group) is 1. The normalized spacial score (nSPS) is 9.62. The summed E-state index contributed by atoms with van der Waals surface area (Å²) in [4.78, 5) is 11.1. The van der Waals surface area contributed by atoms with Crippen molar-refractivity contribution in [3.8, 4) is 0 Å². The topological polar surface area (TPSA) is 67.2 Å². The number of hydrogen-bond acceptors (Lipinski definition) is 3. The maximum Gasteiger partial charge on any atom is 0.238 e. The lowest BCUT2D eigenvalue weighted by Gasteiger charge is -2.04. The second kappa shape index (κ2) is 4.47. The third-order valence-corrected chi connectivity index (χ3v) is 1.53. The number of carbonyl (C=O) groups is 1. The van der Waals surface area contributed by atoms with Gasteiger partial charge in [-0.15, -0.1) is 0 Å². The van der Waals surface area contributed by atoms with Gasteiger partial charge in [0.05, 0.1) is 6.54 Å². The fourth-order valence-electron chi connectivity index (χ4n) is 0.932. The van der Waals surface area contributed by atoms with E-state index in [-0.39, 0.29) is 5.91 Å². The molecule has 4 nitrogen and oxygen atoms in total. The number of nitrogens with one attached hydrogen (secondary N) is 2. The standard InChI is InChI=1S/C9H13N3O/c1-11-6-9(13)12-8-4-2-7(10)3-5-8/h2-5,11H,6,10H2,1H3,(H,12,13). The first kappa shape index (κ1) is 9.54. The number of rotatable bonds is 3. The van der Waals surface area contributed by atoms with Crippen LogP contribution in [0.3, 0.4) is 0 Å². The summed E-state index contributed by atoms with van der Waals surface area (Å²) < 4.78 is 0. The van der Waals surface area contributed by atoms with Gasteiger partial charge in [0.2, 0.25) is 5.91 Å². The molecule has 0 bridgehead atoms. The molecule has 0 atom stereocenters. The molecule has 0 radical (unpaired) electrons. The van der Waals surface area contributed by atoms with Gasteiger partial charge in [0.1, 0.15) is 0 Å². The van der Waals surface area contributed by atoms with Crippen LogP contribution in [-0.2, 0) is 4.79 Å². The summed E-state index contributed by atoms with van der Waals surface area (Å²) in [7, 11) is 1.72. The Morgan fingerprint density at radius 1 is 1.38 bits per heavy atom. The summed E-state index contributed by atoms with van der Waals surface area (Å²) in [6, 6.07) is 7.02. The fourth-order valence-corrected chi connectivity index (χ4v) is 0.932. The lowest BCUT2D eigenvalue weighted by molar-refractivity contribution is -0.115. The van der Waals surface area contributed by atoms with E-state index in [9.17, 15) is 4.79 Å². The molecule has 0 aliphatic heterocycles. The highest BCUT2D eigenvalue weighted by atomic mass is 16.1. The number of amides is 1. The first-order valence-corrected chi connectivity index (χ1v) is 4.02. The quantitative estimate of drug-likeness (QED) is 0.589. The number of hydrogen-bond donors (Lipinski definition) is 3. The van der Waals surface area contributed by atoms with E-state index >= 15 is 0 Å². The van der Waals surface area contributed by atoms with E-state index in [1.54, 1.807) is 31.3 Å². The van der Waals surface area contributed by atoms with Crippen LogP contribution in [0.5, 0.6) is 0 Å². The SMILES string of the molecule is CNCC(=O)Nc1ccc(N)cc1. The lowest BCUT2D eigenvalue weighted by Crippen LogP contribution is -2.24. The molecule has 1 aromatic rings. The van der Waals surface area contributed by atoms with E-state index in [1.807, 2.05) is 0 Å². The number of anilines is 2. The Hall–Kier alpha value is -1.55. The van der Waals surface area contributed by atoms with Gasteiger partial charge in [0.25, 0.3) is 0 Å². The molecule has 0 fully saturated rings. The zero-order chi connectivity index (χ0) is 9.68. The number of nitrogen functional groups attached to an aromatic ring is 1. The molecule has 0 aliphatic rings. The molecule has 70 valence electrons. The van der Waals surface area contributed by atoms with E-state index in [4.69, 9.17) is 5.73 Å². The second-order valence-corrected chi connectivity index (χ2v) is 2.70. The Balaban J connectivity index is 2.54. The van der Waals surface area contributed by atoms with E-state index in [1.165, 1.54) is 0 Å². The van der Waals surface area contributed by atoms with Gasteiger partial charge in [0, 0.05) is 11.4 Å². The molecule has 1 aromatic carbocycles.